The summed E-state index contributed by atoms with van der Waals surface area (Å²) in [5.74, 6) is -0.106. The molecule has 0 amide bonds. The van der Waals surface area contributed by atoms with Gasteiger partial charge in [0.15, 0.2) is 5.78 Å². The monoisotopic (exact) mass is 235 g/mol. The van der Waals surface area contributed by atoms with E-state index in [1.165, 1.54) is 6.92 Å². The van der Waals surface area contributed by atoms with Crippen LogP contribution in [-0.4, -0.2) is 10.7 Å². The van der Waals surface area contributed by atoms with Gasteiger partial charge in [-0.1, -0.05) is 0 Å². The van der Waals surface area contributed by atoms with Crippen LogP contribution < -0.4 is 0 Å². The van der Waals surface area contributed by atoms with Crippen LogP contribution in [0.5, 0.6) is 0 Å². The van der Waals surface area contributed by atoms with Crippen LogP contribution in [0.4, 0.5) is 0 Å². The van der Waals surface area contributed by atoms with E-state index in [4.69, 9.17) is 0 Å². The highest BCUT2D eigenvalue weighted by atomic mass is 16.6. The van der Waals surface area contributed by atoms with Crippen molar-refractivity contribution in [3.63, 3.8) is 0 Å². The molecule has 4 heteroatoms. The van der Waals surface area contributed by atoms with Gasteiger partial charge < -0.3 is 0 Å². The Hall–Kier alpha value is -1.71. The lowest BCUT2D eigenvalue weighted by Gasteiger charge is -2.17. The Balaban J connectivity index is 3.65. The van der Waals surface area contributed by atoms with E-state index in [0.717, 1.165) is 22.3 Å². The van der Waals surface area contributed by atoms with Crippen molar-refractivity contribution in [3.8, 4) is 0 Å². The lowest BCUT2D eigenvalue weighted by Crippen LogP contribution is -2.12. The summed E-state index contributed by atoms with van der Waals surface area (Å²) in [5.41, 5.74) is 4.86. The highest BCUT2D eigenvalue weighted by molar-refractivity contribution is 5.98. The van der Waals surface area contributed by atoms with Crippen LogP contribution in [0, 0.1) is 37.8 Å². The van der Waals surface area contributed by atoms with Gasteiger partial charge in [-0.15, -0.1) is 0 Å². The zero-order chi connectivity index (χ0) is 13.3. The third-order valence-electron chi connectivity index (χ3n) is 3.46. The predicted octanol–water partition coefficient (Wildman–Crippen LogP) is 2.90. The second-order valence-electron chi connectivity index (χ2n) is 4.40. The Bertz CT molecular complexity index is 504. The van der Waals surface area contributed by atoms with E-state index in [2.05, 4.69) is 0 Å². The number of ketones is 1. The Kier molecular flexibility index (Phi) is 3.66. The standard InChI is InChI=1S/C13H17NO3/c1-7-8(2)10(4)13(11(5)15)12(9(7)3)6-14(16)17/h6H2,1-5H3. The fraction of sp³-hybridized carbons (Fsp3) is 0.462. The first-order chi connectivity index (χ1) is 7.77. The van der Waals surface area contributed by atoms with Crippen LogP contribution in [0.2, 0.25) is 0 Å². The first kappa shape index (κ1) is 13.4. The number of benzene rings is 1. The molecule has 0 bridgehead atoms. The predicted molar refractivity (Wildman–Crippen MR) is 66.1 cm³/mol. The summed E-state index contributed by atoms with van der Waals surface area (Å²) in [6.07, 6.45) is 0. The van der Waals surface area contributed by atoms with Gasteiger partial charge in [-0.25, -0.2) is 0 Å². The first-order valence-electron chi connectivity index (χ1n) is 5.49. The lowest BCUT2D eigenvalue weighted by molar-refractivity contribution is -0.496. The summed E-state index contributed by atoms with van der Waals surface area (Å²) in [5, 5.41) is 10.7. The van der Waals surface area contributed by atoms with E-state index >= 15 is 0 Å². The van der Waals surface area contributed by atoms with Gasteiger partial charge >= 0.3 is 0 Å². The minimum absolute atomic E-state index is 0.106. The van der Waals surface area contributed by atoms with E-state index in [0.29, 0.717) is 11.1 Å². The number of rotatable bonds is 3. The molecule has 0 N–H and O–H groups in total. The molecule has 0 aliphatic heterocycles. The number of nitrogens with zero attached hydrogens (tertiary/aromatic N) is 1. The van der Waals surface area contributed by atoms with Gasteiger partial charge in [0.05, 0.1) is 0 Å². The molecule has 0 aromatic heterocycles. The van der Waals surface area contributed by atoms with Crippen molar-refractivity contribution in [3.05, 3.63) is 43.5 Å². The summed E-state index contributed by atoms with van der Waals surface area (Å²) >= 11 is 0. The molecule has 0 aliphatic rings. The molecule has 0 saturated carbocycles. The minimum Gasteiger partial charge on any atom is -0.294 e. The van der Waals surface area contributed by atoms with Crippen LogP contribution in [0.15, 0.2) is 0 Å². The maximum atomic E-state index is 11.7. The van der Waals surface area contributed by atoms with Gasteiger partial charge in [-0.05, 0) is 56.9 Å². The molecule has 17 heavy (non-hydrogen) atoms. The molecule has 1 aromatic rings. The molecule has 1 aromatic carbocycles. The fourth-order valence-electron chi connectivity index (χ4n) is 2.19. The molecule has 0 aliphatic carbocycles. The number of nitro groups is 1. The molecular weight excluding hydrogens is 218 g/mol. The topological polar surface area (TPSA) is 60.2 Å². The second-order valence-corrected chi connectivity index (χ2v) is 4.40. The largest absolute Gasteiger partial charge is 0.294 e. The van der Waals surface area contributed by atoms with Gasteiger partial charge in [-0.3, -0.25) is 14.9 Å². The number of Topliss-reactive ketones (excluding diaryl/α,β-unsaturated/α-hetero) is 1. The molecule has 0 heterocycles. The van der Waals surface area contributed by atoms with Crippen molar-refractivity contribution in [2.24, 2.45) is 0 Å². The molecule has 4 nitrogen and oxygen atoms in total. The molecule has 0 saturated heterocycles. The van der Waals surface area contributed by atoms with Gasteiger partial charge in [0.25, 0.3) is 0 Å². The van der Waals surface area contributed by atoms with E-state index in [1.54, 1.807) is 0 Å². The Morgan fingerprint density at radius 1 is 1.06 bits per heavy atom. The van der Waals surface area contributed by atoms with Crippen molar-refractivity contribution in [1.29, 1.82) is 0 Å². The average molecular weight is 235 g/mol. The molecule has 0 spiro atoms. The Morgan fingerprint density at radius 3 is 1.94 bits per heavy atom. The van der Waals surface area contributed by atoms with E-state index in [-0.39, 0.29) is 17.3 Å². The third kappa shape index (κ3) is 2.35. The lowest BCUT2D eigenvalue weighted by atomic mass is 9.87. The van der Waals surface area contributed by atoms with Crippen molar-refractivity contribution in [2.45, 2.75) is 41.2 Å². The number of carbonyl (C=O) groups excluding carboxylic acids is 1. The fourth-order valence-corrected chi connectivity index (χ4v) is 2.19. The van der Waals surface area contributed by atoms with Gasteiger partial charge in [0.1, 0.15) is 0 Å². The SMILES string of the molecule is CC(=O)c1c(C)c(C)c(C)c(C)c1C[N+](=O)[O-]. The van der Waals surface area contributed by atoms with E-state index in [9.17, 15) is 14.9 Å². The zero-order valence-corrected chi connectivity index (χ0v) is 10.9. The molecule has 0 atom stereocenters. The van der Waals surface area contributed by atoms with E-state index < -0.39 is 0 Å². The quantitative estimate of drug-likeness (QED) is 0.459. The highest BCUT2D eigenvalue weighted by Gasteiger charge is 2.21. The van der Waals surface area contributed by atoms with Gasteiger partial charge in [0, 0.05) is 16.1 Å². The Morgan fingerprint density at radius 2 is 1.53 bits per heavy atom. The van der Waals surface area contributed by atoms with Crippen molar-refractivity contribution < 1.29 is 9.72 Å². The molecular formula is C13H17NO3. The molecule has 0 unspecified atom stereocenters. The van der Waals surface area contributed by atoms with Crippen LogP contribution >= 0.6 is 0 Å². The molecule has 0 radical (unpaired) electrons. The normalized spacial score (nSPS) is 10.4. The average Bonchev–Trinajstić information content (AvgIpc) is 2.22. The van der Waals surface area contributed by atoms with Gasteiger partial charge in [-0.2, -0.15) is 0 Å². The van der Waals surface area contributed by atoms with Crippen molar-refractivity contribution >= 4 is 5.78 Å². The maximum absolute atomic E-state index is 11.7. The number of hydrogen-bond acceptors (Lipinski definition) is 3. The minimum atomic E-state index is -0.386. The van der Waals surface area contributed by atoms with E-state index in [1.807, 2.05) is 27.7 Å². The van der Waals surface area contributed by atoms with Crippen molar-refractivity contribution in [2.75, 3.05) is 0 Å². The third-order valence-corrected chi connectivity index (χ3v) is 3.46. The summed E-state index contributed by atoms with van der Waals surface area (Å²) in [7, 11) is 0. The van der Waals surface area contributed by atoms with Gasteiger partial charge in [0.2, 0.25) is 6.54 Å². The summed E-state index contributed by atoms with van der Waals surface area (Å²) in [6.45, 7) is 8.74. The maximum Gasteiger partial charge on any atom is 0.229 e. The molecule has 0 fully saturated rings. The number of hydrogen-bond donors (Lipinski definition) is 0. The summed E-state index contributed by atoms with van der Waals surface area (Å²) in [4.78, 5) is 22.0. The molecule has 1 rings (SSSR count). The molecule has 92 valence electrons. The van der Waals surface area contributed by atoms with Crippen LogP contribution in [0.3, 0.4) is 0 Å². The smallest absolute Gasteiger partial charge is 0.229 e. The summed E-state index contributed by atoms with van der Waals surface area (Å²) < 4.78 is 0. The van der Waals surface area contributed by atoms with Crippen LogP contribution in [0.1, 0.15) is 45.1 Å². The number of carbonyl (C=O) groups is 1. The van der Waals surface area contributed by atoms with Crippen molar-refractivity contribution in [1.82, 2.24) is 0 Å². The first-order valence-corrected chi connectivity index (χ1v) is 5.49. The van der Waals surface area contributed by atoms with Crippen LogP contribution in [0.25, 0.3) is 0 Å². The highest BCUT2D eigenvalue weighted by Crippen LogP contribution is 2.27. The summed E-state index contributed by atoms with van der Waals surface area (Å²) in [6, 6.07) is 0. The van der Waals surface area contributed by atoms with Crippen LogP contribution in [-0.2, 0) is 6.54 Å². The Labute approximate surface area is 101 Å². The zero-order valence-electron chi connectivity index (χ0n) is 10.9. The second kappa shape index (κ2) is 4.65.